The molecule has 0 N–H and O–H groups in total. The third kappa shape index (κ3) is 3.73. The van der Waals surface area contributed by atoms with Gasteiger partial charge in [0.05, 0.1) is 27.7 Å². The fraction of sp³-hybridized carbons (Fsp3) is 0.0185. The lowest BCUT2D eigenvalue weighted by atomic mass is 9.70. The van der Waals surface area contributed by atoms with Crippen LogP contribution >= 0.6 is 0 Å². The van der Waals surface area contributed by atoms with Crippen molar-refractivity contribution >= 4 is 54.3 Å². The smallest absolute Gasteiger partial charge is 0.0794 e. The van der Waals surface area contributed by atoms with Gasteiger partial charge in [-0.15, -0.1) is 0 Å². The minimum atomic E-state index is -0.498. The van der Waals surface area contributed by atoms with Gasteiger partial charge >= 0.3 is 0 Å². The molecule has 13 rings (SSSR count). The minimum Gasteiger partial charge on any atom is -0.309 e. The normalized spacial score (nSPS) is 13.5. The summed E-state index contributed by atoms with van der Waals surface area (Å²) < 4.78 is 2.45. The molecule has 0 fully saturated rings. The first kappa shape index (κ1) is 30.1. The van der Waals surface area contributed by atoms with Crippen molar-refractivity contribution in [3.63, 3.8) is 0 Å². The van der Waals surface area contributed by atoms with Gasteiger partial charge in [-0.3, -0.25) is 0 Å². The molecule has 0 unspecified atom stereocenters. The third-order valence-electron chi connectivity index (χ3n) is 12.8. The van der Waals surface area contributed by atoms with Crippen molar-refractivity contribution in [2.24, 2.45) is 0 Å². The van der Waals surface area contributed by atoms with Crippen LogP contribution in [0.2, 0.25) is 0 Å². The van der Waals surface area contributed by atoms with Crippen LogP contribution in [-0.4, -0.2) is 9.55 Å². The third-order valence-corrected chi connectivity index (χ3v) is 12.8. The van der Waals surface area contributed by atoms with E-state index in [1.807, 2.05) is 0 Å². The Morgan fingerprint density at radius 3 is 1.45 bits per heavy atom. The molecule has 258 valence electrons. The maximum atomic E-state index is 5.50. The van der Waals surface area contributed by atoms with Crippen molar-refractivity contribution in [2.45, 2.75) is 5.41 Å². The van der Waals surface area contributed by atoms with Gasteiger partial charge in [-0.25, -0.2) is 4.98 Å². The van der Waals surface area contributed by atoms with Crippen LogP contribution in [0.4, 0.5) is 0 Å². The fourth-order valence-corrected chi connectivity index (χ4v) is 10.5. The van der Waals surface area contributed by atoms with Crippen molar-refractivity contribution in [1.29, 1.82) is 0 Å². The Morgan fingerprint density at radius 1 is 0.339 bits per heavy atom. The standard InChI is InChI=1S/C54H32N2/c1-2-15-37-35(13-1)36-14-3-4-20-44(36)53-45(37)29-30-50(55-53)33-25-27-40-41-28-26-34(56-51-23-11-7-18-42(51)43-19-8-12-24-52(43)56)32-49(41)54(48(40)31-33)46-21-9-5-16-38(46)39-17-6-10-22-47(39)54/h1-32H. The molecule has 0 atom stereocenters. The lowest BCUT2D eigenvalue weighted by Crippen LogP contribution is -2.26. The summed E-state index contributed by atoms with van der Waals surface area (Å²) in [5.74, 6) is 0. The van der Waals surface area contributed by atoms with Crippen LogP contribution < -0.4 is 0 Å². The van der Waals surface area contributed by atoms with E-state index < -0.39 is 5.41 Å². The highest BCUT2D eigenvalue weighted by molar-refractivity contribution is 6.24. The van der Waals surface area contributed by atoms with Gasteiger partial charge in [-0.1, -0.05) is 152 Å². The van der Waals surface area contributed by atoms with Crippen LogP contribution in [0.5, 0.6) is 0 Å². The maximum absolute atomic E-state index is 5.50. The number of rotatable bonds is 2. The molecule has 2 nitrogen and oxygen atoms in total. The van der Waals surface area contributed by atoms with Gasteiger partial charge in [0.2, 0.25) is 0 Å². The molecule has 0 amide bonds. The first-order valence-corrected chi connectivity index (χ1v) is 19.5. The zero-order valence-corrected chi connectivity index (χ0v) is 30.4. The highest BCUT2D eigenvalue weighted by atomic mass is 15.0. The average Bonchev–Trinajstić information content (AvgIpc) is 3.88. The Hall–Kier alpha value is -7.29. The molecule has 2 heterocycles. The van der Waals surface area contributed by atoms with Gasteiger partial charge in [0, 0.05) is 32.8 Å². The Bertz CT molecular complexity index is 3360. The molecule has 56 heavy (non-hydrogen) atoms. The van der Waals surface area contributed by atoms with E-state index in [-0.39, 0.29) is 0 Å². The minimum absolute atomic E-state index is 0.498. The van der Waals surface area contributed by atoms with Gasteiger partial charge in [0.25, 0.3) is 0 Å². The molecule has 2 heteroatoms. The zero-order valence-electron chi connectivity index (χ0n) is 30.4. The molecule has 9 aromatic carbocycles. The lowest BCUT2D eigenvalue weighted by molar-refractivity contribution is 0.793. The number of para-hydroxylation sites is 2. The summed E-state index contributed by atoms with van der Waals surface area (Å²) >= 11 is 0. The summed E-state index contributed by atoms with van der Waals surface area (Å²) in [6.45, 7) is 0. The Kier molecular flexibility index (Phi) is 5.86. The van der Waals surface area contributed by atoms with E-state index in [1.54, 1.807) is 0 Å². The van der Waals surface area contributed by atoms with E-state index >= 15 is 0 Å². The summed E-state index contributed by atoms with van der Waals surface area (Å²) in [5.41, 5.74) is 16.7. The van der Waals surface area contributed by atoms with E-state index in [0.29, 0.717) is 0 Å². The van der Waals surface area contributed by atoms with Gasteiger partial charge in [0.1, 0.15) is 0 Å². The average molecular weight is 709 g/mol. The first-order valence-electron chi connectivity index (χ1n) is 19.5. The molecule has 2 aliphatic rings. The van der Waals surface area contributed by atoms with Crippen LogP contribution in [0.25, 0.3) is 93.5 Å². The number of fused-ring (bicyclic) bond motifs is 19. The molecular weight excluding hydrogens is 677 g/mol. The number of hydrogen-bond donors (Lipinski definition) is 0. The number of nitrogens with zero attached hydrogens (tertiary/aromatic N) is 2. The number of hydrogen-bond acceptors (Lipinski definition) is 1. The number of aromatic nitrogens is 2. The van der Waals surface area contributed by atoms with Crippen LogP contribution in [0.3, 0.4) is 0 Å². The SMILES string of the molecule is c1ccc2c(c1)-c1ccccc1C21c2cc(-c3ccc4c5ccccc5c5ccccc5c4n3)ccc2-c2ccc(-n3c4ccccc4c4ccccc43)cc21. The summed E-state index contributed by atoms with van der Waals surface area (Å²) in [6.07, 6.45) is 0. The quantitative estimate of drug-likeness (QED) is 0.164. The molecule has 2 aliphatic carbocycles. The molecule has 0 radical (unpaired) electrons. The molecule has 0 bridgehead atoms. The van der Waals surface area contributed by atoms with E-state index in [9.17, 15) is 0 Å². The summed E-state index contributed by atoms with van der Waals surface area (Å²) in [7, 11) is 0. The van der Waals surface area contributed by atoms with E-state index in [4.69, 9.17) is 4.98 Å². The van der Waals surface area contributed by atoms with Gasteiger partial charge < -0.3 is 4.57 Å². The van der Waals surface area contributed by atoms with Crippen molar-refractivity contribution in [1.82, 2.24) is 9.55 Å². The fourth-order valence-electron chi connectivity index (χ4n) is 10.5. The predicted molar refractivity (Wildman–Crippen MR) is 233 cm³/mol. The van der Waals surface area contributed by atoms with Gasteiger partial charge in [0.15, 0.2) is 0 Å². The van der Waals surface area contributed by atoms with E-state index in [1.165, 1.54) is 98.9 Å². The second-order valence-corrected chi connectivity index (χ2v) is 15.4. The Balaban J connectivity index is 1.09. The summed E-state index contributed by atoms with van der Waals surface area (Å²) in [6, 6.07) is 71.9. The topological polar surface area (TPSA) is 17.8 Å². The Morgan fingerprint density at radius 2 is 0.804 bits per heavy atom. The highest BCUT2D eigenvalue weighted by Gasteiger charge is 2.51. The number of pyridine rings is 1. The number of benzene rings is 9. The van der Waals surface area contributed by atoms with Gasteiger partial charge in [-0.05, 0) is 103 Å². The molecule has 1 spiro atoms. The molecule has 11 aromatic rings. The lowest BCUT2D eigenvalue weighted by Gasteiger charge is -2.31. The van der Waals surface area contributed by atoms with Crippen LogP contribution in [0.1, 0.15) is 22.3 Å². The van der Waals surface area contributed by atoms with Crippen LogP contribution in [0, 0.1) is 0 Å². The molecular formula is C54H32N2. The summed E-state index contributed by atoms with van der Waals surface area (Å²) in [5, 5.41) is 8.65. The van der Waals surface area contributed by atoms with Crippen LogP contribution in [-0.2, 0) is 5.41 Å². The van der Waals surface area contributed by atoms with Crippen molar-refractivity contribution < 1.29 is 0 Å². The molecule has 0 saturated heterocycles. The van der Waals surface area contributed by atoms with Crippen molar-refractivity contribution in [3.05, 3.63) is 216 Å². The zero-order chi connectivity index (χ0) is 36.5. The maximum Gasteiger partial charge on any atom is 0.0794 e. The van der Waals surface area contributed by atoms with E-state index in [2.05, 4.69) is 199 Å². The second-order valence-electron chi connectivity index (χ2n) is 15.4. The van der Waals surface area contributed by atoms with Gasteiger partial charge in [-0.2, -0.15) is 0 Å². The molecule has 0 aliphatic heterocycles. The Labute approximate surface area is 323 Å². The largest absolute Gasteiger partial charge is 0.309 e. The molecule has 0 saturated carbocycles. The van der Waals surface area contributed by atoms with Crippen molar-refractivity contribution in [3.8, 4) is 39.2 Å². The summed E-state index contributed by atoms with van der Waals surface area (Å²) in [4.78, 5) is 5.50. The second kappa shape index (κ2) is 10.9. The monoisotopic (exact) mass is 708 g/mol. The molecule has 2 aromatic heterocycles. The van der Waals surface area contributed by atoms with Crippen molar-refractivity contribution in [2.75, 3.05) is 0 Å². The van der Waals surface area contributed by atoms with E-state index in [0.717, 1.165) is 16.8 Å². The predicted octanol–water partition coefficient (Wildman–Crippen LogP) is 13.6. The highest BCUT2D eigenvalue weighted by Crippen LogP contribution is 2.63. The first-order chi connectivity index (χ1) is 27.8. The van der Waals surface area contributed by atoms with Crippen LogP contribution in [0.15, 0.2) is 194 Å².